The number of nitrogens with one attached hydrogen (secondary N) is 2. The number of methoxy groups -OCH3 is 1. The SMILES string of the molecule is CC(C)c1cc(-c2nc(=S)[nH][nH]2)c(O)cc1O.CCN(C)c1cc(C)ccc1OC. The fourth-order valence-corrected chi connectivity index (χ4v) is 3.05. The predicted octanol–water partition coefficient (Wildman–Crippen LogP) is 5.13. The monoisotopic (exact) mass is 430 g/mol. The molecule has 30 heavy (non-hydrogen) atoms. The molecule has 0 saturated heterocycles. The highest BCUT2D eigenvalue weighted by molar-refractivity contribution is 7.71. The average molecular weight is 431 g/mol. The second kappa shape index (κ2) is 10.2. The molecule has 0 saturated carbocycles. The molecule has 0 bridgehead atoms. The van der Waals surface area contributed by atoms with Crippen LogP contribution in [0.3, 0.4) is 0 Å². The standard InChI is InChI=1S/C11H13N3O2S.C11H17NO/c1-5(2)6-3-7(9(16)4-8(6)15)10-12-11(17)14-13-10;1-5-12(3)10-8-9(2)6-7-11(10)13-4/h3-5,15-16H,1-2H3,(H2,12,13,14,17);6-8H,5H2,1-4H3. The first-order valence-corrected chi connectivity index (χ1v) is 10.1. The summed E-state index contributed by atoms with van der Waals surface area (Å²) < 4.78 is 5.60. The van der Waals surface area contributed by atoms with E-state index in [1.807, 2.05) is 19.9 Å². The number of nitrogens with zero attached hydrogens (tertiary/aromatic N) is 2. The van der Waals surface area contributed by atoms with E-state index in [2.05, 4.69) is 53.1 Å². The maximum absolute atomic E-state index is 9.79. The summed E-state index contributed by atoms with van der Waals surface area (Å²) in [6.07, 6.45) is 0. The summed E-state index contributed by atoms with van der Waals surface area (Å²) in [5.74, 6) is 1.58. The van der Waals surface area contributed by atoms with Crippen LogP contribution in [0, 0.1) is 11.7 Å². The third-order valence-electron chi connectivity index (χ3n) is 4.74. The zero-order chi connectivity index (χ0) is 22.4. The predicted molar refractivity (Wildman–Crippen MR) is 123 cm³/mol. The van der Waals surface area contributed by atoms with Gasteiger partial charge in [0.2, 0.25) is 4.77 Å². The fourth-order valence-electron chi connectivity index (χ4n) is 2.91. The second-order valence-electron chi connectivity index (χ2n) is 7.29. The van der Waals surface area contributed by atoms with Gasteiger partial charge in [-0.05, 0) is 61.3 Å². The van der Waals surface area contributed by atoms with E-state index in [4.69, 9.17) is 17.0 Å². The number of aromatic hydroxyl groups is 2. The molecular formula is C22H30N4O3S. The summed E-state index contributed by atoms with van der Waals surface area (Å²) in [6, 6.07) is 9.23. The summed E-state index contributed by atoms with van der Waals surface area (Å²) in [5, 5.41) is 24.9. The molecule has 0 aliphatic rings. The minimum atomic E-state index is -0.0374. The Labute approximate surface area is 182 Å². The molecule has 3 aromatic rings. The number of anilines is 1. The topological polar surface area (TPSA) is 97.4 Å². The Morgan fingerprint density at radius 1 is 1.13 bits per heavy atom. The Bertz CT molecular complexity index is 1040. The highest BCUT2D eigenvalue weighted by atomic mass is 32.1. The number of hydrogen-bond donors (Lipinski definition) is 4. The van der Waals surface area contributed by atoms with Gasteiger partial charge in [-0.3, -0.25) is 10.2 Å². The van der Waals surface area contributed by atoms with Crippen LogP contribution in [0.2, 0.25) is 0 Å². The molecule has 0 unspecified atom stereocenters. The molecule has 4 N–H and O–H groups in total. The van der Waals surface area contributed by atoms with Crippen LogP contribution in [0.5, 0.6) is 17.2 Å². The molecule has 0 aliphatic carbocycles. The zero-order valence-corrected chi connectivity index (χ0v) is 19.1. The van der Waals surface area contributed by atoms with Crippen molar-refractivity contribution in [3.63, 3.8) is 0 Å². The van der Waals surface area contributed by atoms with Crippen molar-refractivity contribution in [1.29, 1.82) is 0 Å². The van der Waals surface area contributed by atoms with E-state index in [1.165, 1.54) is 11.6 Å². The number of phenolic OH excluding ortho intramolecular Hbond substituents is 2. The Morgan fingerprint density at radius 3 is 2.37 bits per heavy atom. The summed E-state index contributed by atoms with van der Waals surface area (Å²) in [5.41, 5.74) is 3.68. The molecule has 2 aromatic carbocycles. The van der Waals surface area contributed by atoms with Gasteiger partial charge in [-0.25, -0.2) is 0 Å². The van der Waals surface area contributed by atoms with Crippen molar-refractivity contribution >= 4 is 17.9 Å². The lowest BCUT2D eigenvalue weighted by atomic mass is 9.98. The van der Waals surface area contributed by atoms with Gasteiger partial charge in [0, 0.05) is 19.7 Å². The maximum Gasteiger partial charge on any atom is 0.213 e. The number of aryl methyl sites for hydroxylation is 1. The van der Waals surface area contributed by atoms with Crippen LogP contribution in [0.4, 0.5) is 5.69 Å². The van der Waals surface area contributed by atoms with Gasteiger partial charge in [-0.1, -0.05) is 19.9 Å². The van der Waals surface area contributed by atoms with E-state index >= 15 is 0 Å². The van der Waals surface area contributed by atoms with Crippen molar-refractivity contribution in [3.8, 4) is 28.6 Å². The van der Waals surface area contributed by atoms with Crippen molar-refractivity contribution in [2.75, 3.05) is 25.6 Å². The molecular weight excluding hydrogens is 400 g/mol. The number of aromatic amines is 2. The highest BCUT2D eigenvalue weighted by Gasteiger charge is 2.14. The molecule has 3 rings (SSSR count). The molecule has 1 aromatic heterocycles. The van der Waals surface area contributed by atoms with Crippen molar-refractivity contribution in [1.82, 2.24) is 15.2 Å². The third-order valence-corrected chi connectivity index (χ3v) is 4.94. The van der Waals surface area contributed by atoms with Crippen LogP contribution in [0.25, 0.3) is 11.4 Å². The van der Waals surface area contributed by atoms with Crippen molar-refractivity contribution in [2.45, 2.75) is 33.6 Å². The normalized spacial score (nSPS) is 10.5. The van der Waals surface area contributed by atoms with E-state index in [0.717, 1.165) is 23.5 Å². The minimum Gasteiger partial charge on any atom is -0.508 e. The largest absolute Gasteiger partial charge is 0.508 e. The van der Waals surface area contributed by atoms with Gasteiger partial charge in [0.25, 0.3) is 0 Å². The Balaban J connectivity index is 0.000000222. The summed E-state index contributed by atoms with van der Waals surface area (Å²) >= 11 is 4.86. The number of aromatic nitrogens is 3. The van der Waals surface area contributed by atoms with E-state index in [9.17, 15) is 10.2 Å². The van der Waals surface area contributed by atoms with Crippen LogP contribution in [0.1, 0.15) is 37.8 Å². The van der Waals surface area contributed by atoms with E-state index < -0.39 is 0 Å². The second-order valence-corrected chi connectivity index (χ2v) is 7.67. The molecule has 1 heterocycles. The summed E-state index contributed by atoms with van der Waals surface area (Å²) in [6.45, 7) is 9.12. The lowest BCUT2D eigenvalue weighted by molar-refractivity contribution is 0.415. The first-order chi connectivity index (χ1) is 14.2. The van der Waals surface area contributed by atoms with Gasteiger partial charge in [-0.2, -0.15) is 4.98 Å². The zero-order valence-electron chi connectivity index (χ0n) is 18.3. The van der Waals surface area contributed by atoms with E-state index in [1.54, 1.807) is 13.2 Å². The van der Waals surface area contributed by atoms with E-state index in [-0.39, 0.29) is 17.4 Å². The molecule has 7 nitrogen and oxygen atoms in total. The van der Waals surface area contributed by atoms with Crippen molar-refractivity contribution in [2.24, 2.45) is 0 Å². The first-order valence-electron chi connectivity index (χ1n) is 9.74. The van der Waals surface area contributed by atoms with E-state index in [0.29, 0.717) is 16.2 Å². The van der Waals surface area contributed by atoms with Gasteiger partial charge >= 0.3 is 0 Å². The lowest BCUT2D eigenvalue weighted by Gasteiger charge is -2.20. The van der Waals surface area contributed by atoms with Crippen LogP contribution in [-0.2, 0) is 0 Å². The molecule has 162 valence electrons. The molecule has 0 aliphatic heterocycles. The Hall–Kier alpha value is -3.00. The van der Waals surface area contributed by atoms with Crippen LogP contribution in [0.15, 0.2) is 30.3 Å². The molecule has 0 amide bonds. The van der Waals surface area contributed by atoms with Crippen molar-refractivity contribution in [3.05, 3.63) is 46.2 Å². The van der Waals surface area contributed by atoms with Crippen LogP contribution < -0.4 is 9.64 Å². The maximum atomic E-state index is 9.79. The van der Waals surface area contributed by atoms with Crippen LogP contribution in [-0.4, -0.2) is 46.1 Å². The lowest BCUT2D eigenvalue weighted by Crippen LogP contribution is -2.16. The molecule has 0 atom stereocenters. The van der Waals surface area contributed by atoms with Gasteiger partial charge in [0.15, 0.2) is 5.82 Å². The van der Waals surface area contributed by atoms with Gasteiger partial charge in [0.1, 0.15) is 17.2 Å². The van der Waals surface area contributed by atoms with Crippen molar-refractivity contribution < 1.29 is 14.9 Å². The number of rotatable bonds is 5. The number of phenols is 2. The molecule has 0 spiro atoms. The molecule has 0 fully saturated rings. The quantitative estimate of drug-likeness (QED) is 0.419. The smallest absolute Gasteiger partial charge is 0.213 e. The summed E-state index contributed by atoms with van der Waals surface area (Å²) in [7, 11) is 3.77. The Kier molecular flexibility index (Phi) is 7.88. The number of hydrogen-bond acceptors (Lipinski definition) is 6. The van der Waals surface area contributed by atoms with Gasteiger partial charge in [-0.15, -0.1) is 0 Å². The van der Waals surface area contributed by atoms with Gasteiger partial charge < -0.3 is 19.8 Å². The molecule has 0 radical (unpaired) electrons. The first kappa shape index (κ1) is 23.3. The number of ether oxygens (including phenoxy) is 1. The average Bonchev–Trinajstić information content (AvgIpc) is 3.13. The summed E-state index contributed by atoms with van der Waals surface area (Å²) in [4.78, 5) is 6.21. The fraction of sp³-hybridized carbons (Fsp3) is 0.364. The van der Waals surface area contributed by atoms with Gasteiger partial charge in [0.05, 0.1) is 18.4 Å². The third kappa shape index (κ3) is 5.54. The molecule has 8 heteroatoms. The number of benzene rings is 2. The number of H-pyrrole nitrogens is 2. The highest BCUT2D eigenvalue weighted by Crippen LogP contribution is 2.36. The Morgan fingerprint density at radius 2 is 1.83 bits per heavy atom. The minimum absolute atomic E-state index is 0.0374. The van der Waals surface area contributed by atoms with Crippen LogP contribution >= 0.6 is 12.2 Å².